The molecule has 0 aromatic carbocycles. The summed E-state index contributed by atoms with van der Waals surface area (Å²) >= 11 is 0. The van der Waals surface area contributed by atoms with Gasteiger partial charge in [0.15, 0.2) is 0 Å². The molecule has 2 unspecified atom stereocenters. The Labute approximate surface area is 80.8 Å². The molecule has 0 bridgehead atoms. The smallest absolute Gasteiger partial charge is 0.0940 e. The Morgan fingerprint density at radius 2 is 2.23 bits per heavy atom. The van der Waals surface area contributed by atoms with Gasteiger partial charge in [0, 0.05) is 19.2 Å². The monoisotopic (exact) mass is 187 g/mol. The molecule has 1 aliphatic heterocycles. The number of nitrogens with one attached hydrogen (secondary N) is 1. The molecule has 0 amide bonds. The van der Waals surface area contributed by atoms with Crippen LogP contribution in [0.2, 0.25) is 0 Å². The zero-order chi connectivity index (χ0) is 9.90. The van der Waals surface area contributed by atoms with Crippen molar-refractivity contribution >= 4 is 0 Å². The number of morpholine rings is 1. The fourth-order valence-corrected chi connectivity index (χ4v) is 1.47. The molecule has 0 aromatic rings. The first-order valence-electron chi connectivity index (χ1n) is 5.05. The number of rotatable bonds is 3. The van der Waals surface area contributed by atoms with Crippen LogP contribution < -0.4 is 5.32 Å². The van der Waals surface area contributed by atoms with Crippen LogP contribution >= 0.6 is 0 Å². The minimum absolute atomic E-state index is 0.0833. The van der Waals surface area contributed by atoms with E-state index in [1.54, 1.807) is 0 Å². The highest BCUT2D eigenvalue weighted by Gasteiger charge is 2.34. The van der Waals surface area contributed by atoms with E-state index in [9.17, 15) is 0 Å². The standard InChI is InChI=1S/C10H21NO2/c1-5-12-7-9-6-11-8(2)10(3,4)13-9/h8-9,11H,5-7H2,1-4H3. The molecule has 0 saturated carbocycles. The van der Waals surface area contributed by atoms with E-state index in [0.717, 1.165) is 13.2 Å². The van der Waals surface area contributed by atoms with Gasteiger partial charge in [-0.1, -0.05) is 0 Å². The van der Waals surface area contributed by atoms with Crippen molar-refractivity contribution in [3.05, 3.63) is 0 Å². The van der Waals surface area contributed by atoms with Crippen LogP contribution in [0.15, 0.2) is 0 Å². The van der Waals surface area contributed by atoms with Gasteiger partial charge in [0.05, 0.1) is 18.3 Å². The molecule has 1 fully saturated rings. The van der Waals surface area contributed by atoms with E-state index in [0.29, 0.717) is 12.6 Å². The Morgan fingerprint density at radius 3 is 2.77 bits per heavy atom. The van der Waals surface area contributed by atoms with E-state index in [-0.39, 0.29) is 11.7 Å². The van der Waals surface area contributed by atoms with Crippen molar-refractivity contribution in [2.45, 2.75) is 45.4 Å². The van der Waals surface area contributed by atoms with Gasteiger partial charge in [0.25, 0.3) is 0 Å². The molecule has 13 heavy (non-hydrogen) atoms. The number of ether oxygens (including phenoxy) is 2. The van der Waals surface area contributed by atoms with E-state index in [2.05, 4.69) is 26.1 Å². The maximum Gasteiger partial charge on any atom is 0.0940 e. The topological polar surface area (TPSA) is 30.5 Å². The van der Waals surface area contributed by atoms with Crippen molar-refractivity contribution in [3.8, 4) is 0 Å². The number of hydrogen-bond acceptors (Lipinski definition) is 3. The lowest BCUT2D eigenvalue weighted by Gasteiger charge is -2.41. The zero-order valence-electron chi connectivity index (χ0n) is 9.09. The van der Waals surface area contributed by atoms with Crippen molar-refractivity contribution in [2.24, 2.45) is 0 Å². The highest BCUT2D eigenvalue weighted by molar-refractivity contribution is 4.88. The minimum Gasteiger partial charge on any atom is -0.379 e. The molecule has 3 heteroatoms. The van der Waals surface area contributed by atoms with Gasteiger partial charge in [-0.15, -0.1) is 0 Å². The first-order chi connectivity index (χ1) is 6.06. The summed E-state index contributed by atoms with van der Waals surface area (Å²) in [4.78, 5) is 0. The van der Waals surface area contributed by atoms with Crippen molar-refractivity contribution in [2.75, 3.05) is 19.8 Å². The van der Waals surface area contributed by atoms with Gasteiger partial charge in [-0.3, -0.25) is 0 Å². The van der Waals surface area contributed by atoms with Crippen LogP contribution in [0.3, 0.4) is 0 Å². The average Bonchev–Trinajstić information content (AvgIpc) is 2.07. The second-order valence-corrected chi connectivity index (χ2v) is 4.13. The van der Waals surface area contributed by atoms with E-state index < -0.39 is 0 Å². The summed E-state index contributed by atoms with van der Waals surface area (Å²) in [5.74, 6) is 0. The van der Waals surface area contributed by atoms with Gasteiger partial charge in [0.2, 0.25) is 0 Å². The molecule has 1 saturated heterocycles. The molecule has 0 aromatic heterocycles. The predicted molar refractivity (Wildman–Crippen MR) is 52.9 cm³/mol. The molecular weight excluding hydrogens is 166 g/mol. The van der Waals surface area contributed by atoms with E-state index in [1.807, 2.05) is 6.92 Å². The first kappa shape index (κ1) is 11.0. The quantitative estimate of drug-likeness (QED) is 0.719. The fourth-order valence-electron chi connectivity index (χ4n) is 1.47. The predicted octanol–water partition coefficient (Wildman–Crippen LogP) is 1.18. The van der Waals surface area contributed by atoms with Gasteiger partial charge >= 0.3 is 0 Å². The third kappa shape index (κ3) is 2.93. The zero-order valence-corrected chi connectivity index (χ0v) is 9.09. The van der Waals surface area contributed by atoms with E-state index >= 15 is 0 Å². The van der Waals surface area contributed by atoms with Crippen LogP contribution in [0.25, 0.3) is 0 Å². The minimum atomic E-state index is -0.0833. The molecule has 0 aliphatic carbocycles. The van der Waals surface area contributed by atoms with E-state index in [4.69, 9.17) is 9.47 Å². The summed E-state index contributed by atoms with van der Waals surface area (Å²) in [6.07, 6.45) is 0.200. The summed E-state index contributed by atoms with van der Waals surface area (Å²) in [6.45, 7) is 10.7. The maximum absolute atomic E-state index is 5.90. The van der Waals surface area contributed by atoms with Crippen molar-refractivity contribution < 1.29 is 9.47 Å². The second-order valence-electron chi connectivity index (χ2n) is 4.13. The third-order valence-corrected chi connectivity index (χ3v) is 2.67. The molecular formula is C10H21NO2. The Morgan fingerprint density at radius 1 is 1.54 bits per heavy atom. The Bertz CT molecular complexity index is 157. The van der Waals surface area contributed by atoms with Gasteiger partial charge < -0.3 is 14.8 Å². The van der Waals surface area contributed by atoms with Crippen LogP contribution in [-0.2, 0) is 9.47 Å². The lowest BCUT2D eigenvalue weighted by molar-refractivity contribution is -0.138. The van der Waals surface area contributed by atoms with Gasteiger partial charge in [-0.05, 0) is 27.7 Å². The molecule has 1 N–H and O–H groups in total. The molecule has 78 valence electrons. The van der Waals surface area contributed by atoms with Crippen molar-refractivity contribution in [3.63, 3.8) is 0 Å². The average molecular weight is 187 g/mol. The largest absolute Gasteiger partial charge is 0.379 e. The first-order valence-corrected chi connectivity index (χ1v) is 5.05. The van der Waals surface area contributed by atoms with Crippen molar-refractivity contribution in [1.29, 1.82) is 0 Å². The molecule has 0 radical (unpaired) electrons. The molecule has 1 heterocycles. The SMILES string of the molecule is CCOCC1CNC(C)C(C)(C)O1. The van der Waals surface area contributed by atoms with Crippen LogP contribution in [-0.4, -0.2) is 37.5 Å². The normalized spacial score (nSPS) is 33.2. The highest BCUT2D eigenvalue weighted by Crippen LogP contribution is 2.21. The molecule has 2 atom stereocenters. The Kier molecular flexibility index (Phi) is 3.71. The lowest BCUT2D eigenvalue weighted by Crippen LogP contribution is -2.57. The summed E-state index contributed by atoms with van der Waals surface area (Å²) in [6, 6.07) is 0.408. The summed E-state index contributed by atoms with van der Waals surface area (Å²) in [5, 5.41) is 3.43. The van der Waals surface area contributed by atoms with Crippen molar-refractivity contribution in [1.82, 2.24) is 5.32 Å². The van der Waals surface area contributed by atoms with Crippen LogP contribution in [0.4, 0.5) is 0 Å². The molecule has 0 spiro atoms. The lowest BCUT2D eigenvalue weighted by atomic mass is 9.97. The van der Waals surface area contributed by atoms with Crippen LogP contribution in [0.5, 0.6) is 0 Å². The fraction of sp³-hybridized carbons (Fsp3) is 1.00. The second kappa shape index (κ2) is 4.40. The maximum atomic E-state index is 5.90. The molecule has 1 aliphatic rings. The summed E-state index contributed by atoms with van der Waals surface area (Å²) in [7, 11) is 0. The summed E-state index contributed by atoms with van der Waals surface area (Å²) < 4.78 is 11.2. The van der Waals surface area contributed by atoms with E-state index in [1.165, 1.54) is 0 Å². The molecule has 1 rings (SSSR count). The Balaban J connectivity index is 2.37. The van der Waals surface area contributed by atoms with Gasteiger partial charge in [-0.25, -0.2) is 0 Å². The van der Waals surface area contributed by atoms with Gasteiger partial charge in [0.1, 0.15) is 0 Å². The Hall–Kier alpha value is -0.120. The molecule has 3 nitrogen and oxygen atoms in total. The van der Waals surface area contributed by atoms with Crippen LogP contribution in [0.1, 0.15) is 27.7 Å². The highest BCUT2D eigenvalue weighted by atomic mass is 16.5. The third-order valence-electron chi connectivity index (χ3n) is 2.67. The summed E-state index contributed by atoms with van der Waals surface area (Å²) in [5.41, 5.74) is -0.0833. The van der Waals surface area contributed by atoms with Crippen LogP contribution in [0, 0.1) is 0 Å². The number of hydrogen-bond donors (Lipinski definition) is 1. The van der Waals surface area contributed by atoms with Gasteiger partial charge in [-0.2, -0.15) is 0 Å².